The molecule has 2 aliphatic rings. The zero-order valence-corrected chi connectivity index (χ0v) is 16.7. The van der Waals surface area contributed by atoms with Crippen LogP contribution in [0.2, 0.25) is 0 Å². The topological polar surface area (TPSA) is 49.4 Å². The van der Waals surface area contributed by atoms with Gasteiger partial charge in [-0.1, -0.05) is 18.2 Å². The molecule has 1 N–H and O–H groups in total. The summed E-state index contributed by atoms with van der Waals surface area (Å²) in [5, 5.41) is 2.62. The third kappa shape index (κ3) is 3.14. The van der Waals surface area contributed by atoms with E-state index < -0.39 is 5.54 Å². The lowest BCUT2D eigenvalue weighted by atomic mass is 9.96. The molecule has 1 aliphatic carbocycles. The molecule has 2 amide bonds. The van der Waals surface area contributed by atoms with Crippen LogP contribution in [0.25, 0.3) is 0 Å². The van der Waals surface area contributed by atoms with Crippen LogP contribution >= 0.6 is 11.8 Å². The number of amides is 2. The summed E-state index contributed by atoms with van der Waals surface area (Å²) in [6, 6.07) is 14.0. The van der Waals surface area contributed by atoms with Crippen LogP contribution in [0.3, 0.4) is 0 Å². The number of carbonyl (C=O) groups excluding carboxylic acids is 2. The van der Waals surface area contributed by atoms with Gasteiger partial charge in [-0.3, -0.25) is 14.5 Å². The van der Waals surface area contributed by atoms with Gasteiger partial charge in [-0.2, -0.15) is 0 Å². The fourth-order valence-corrected chi connectivity index (χ4v) is 4.88. The Balaban J connectivity index is 1.62. The summed E-state index contributed by atoms with van der Waals surface area (Å²) >= 11 is 1.57. The zero-order chi connectivity index (χ0) is 19.2. The zero-order valence-electron chi connectivity index (χ0n) is 15.9. The van der Waals surface area contributed by atoms with Crippen LogP contribution in [0.5, 0.6) is 0 Å². The minimum atomic E-state index is -0.932. The van der Waals surface area contributed by atoms with Gasteiger partial charge in [-0.25, -0.2) is 0 Å². The lowest BCUT2D eigenvalue weighted by Gasteiger charge is -2.43. The predicted molar refractivity (Wildman–Crippen MR) is 110 cm³/mol. The van der Waals surface area contributed by atoms with Gasteiger partial charge in [0.1, 0.15) is 5.54 Å². The first-order valence-electron chi connectivity index (χ1n) is 9.41. The maximum Gasteiger partial charge on any atom is 0.250 e. The third-order valence-electron chi connectivity index (χ3n) is 5.46. The first-order chi connectivity index (χ1) is 12.9. The molecule has 4 nitrogen and oxygen atoms in total. The van der Waals surface area contributed by atoms with E-state index in [1.807, 2.05) is 31.2 Å². The fraction of sp³-hybridized carbons (Fsp3) is 0.364. The van der Waals surface area contributed by atoms with Crippen molar-refractivity contribution in [2.45, 2.75) is 55.7 Å². The van der Waals surface area contributed by atoms with Crippen molar-refractivity contribution in [1.82, 2.24) is 0 Å². The smallest absolute Gasteiger partial charge is 0.250 e. The summed E-state index contributed by atoms with van der Waals surface area (Å²) < 4.78 is 0. The van der Waals surface area contributed by atoms with E-state index in [-0.39, 0.29) is 17.1 Å². The lowest BCUT2D eigenvalue weighted by Crippen LogP contribution is -2.60. The van der Waals surface area contributed by atoms with Gasteiger partial charge in [-0.15, -0.1) is 11.8 Å². The average Bonchev–Trinajstić information content (AvgIpc) is 3.10. The van der Waals surface area contributed by atoms with E-state index in [4.69, 9.17) is 0 Å². The fourth-order valence-electron chi connectivity index (χ4n) is 3.90. The molecule has 5 heteroatoms. The SMILES string of the molecule is C[C@H](Sc1ccc2c(c1)CCC2)C(=O)N1c2ccccc2NC(=O)C1(C)C. The molecule has 0 spiro atoms. The predicted octanol–water partition coefficient (Wildman–Crippen LogP) is 4.42. The number of nitrogens with zero attached hydrogens (tertiary/aromatic N) is 1. The molecule has 1 heterocycles. The molecule has 2 aromatic rings. The normalized spacial score (nSPS) is 18.5. The van der Waals surface area contributed by atoms with E-state index in [1.54, 1.807) is 30.5 Å². The number of fused-ring (bicyclic) bond motifs is 2. The quantitative estimate of drug-likeness (QED) is 0.802. The molecular formula is C22H24N2O2S. The van der Waals surface area contributed by atoms with Crippen LogP contribution in [0.4, 0.5) is 11.4 Å². The highest BCUT2D eigenvalue weighted by Crippen LogP contribution is 2.39. The Morgan fingerprint density at radius 1 is 1.15 bits per heavy atom. The van der Waals surface area contributed by atoms with E-state index >= 15 is 0 Å². The Morgan fingerprint density at radius 2 is 1.89 bits per heavy atom. The highest BCUT2D eigenvalue weighted by atomic mass is 32.2. The second-order valence-corrected chi connectivity index (χ2v) is 9.16. The Hall–Kier alpha value is -2.27. The second kappa shape index (κ2) is 6.71. The van der Waals surface area contributed by atoms with Crippen molar-refractivity contribution in [1.29, 1.82) is 0 Å². The summed E-state index contributed by atoms with van der Waals surface area (Å²) in [6.45, 7) is 5.51. The van der Waals surface area contributed by atoms with Crippen molar-refractivity contribution in [3.63, 3.8) is 0 Å². The van der Waals surface area contributed by atoms with Crippen LogP contribution in [-0.4, -0.2) is 22.6 Å². The largest absolute Gasteiger partial charge is 0.322 e. The van der Waals surface area contributed by atoms with E-state index in [0.29, 0.717) is 5.69 Å². The van der Waals surface area contributed by atoms with Gasteiger partial charge in [0.2, 0.25) is 11.8 Å². The van der Waals surface area contributed by atoms with E-state index in [0.717, 1.165) is 23.4 Å². The number of hydrogen-bond acceptors (Lipinski definition) is 3. The minimum absolute atomic E-state index is 0.0483. The molecule has 0 unspecified atom stereocenters. The number of aryl methyl sites for hydroxylation is 2. The van der Waals surface area contributed by atoms with Gasteiger partial charge in [0, 0.05) is 4.90 Å². The first-order valence-corrected chi connectivity index (χ1v) is 10.3. The molecular weight excluding hydrogens is 356 g/mol. The van der Waals surface area contributed by atoms with Crippen LogP contribution in [0.1, 0.15) is 38.3 Å². The Labute approximate surface area is 164 Å². The summed E-state index contributed by atoms with van der Waals surface area (Å²) in [6.07, 6.45) is 3.49. The molecule has 0 fully saturated rings. The van der Waals surface area contributed by atoms with Crippen molar-refractivity contribution >= 4 is 35.0 Å². The minimum Gasteiger partial charge on any atom is -0.322 e. The number of benzene rings is 2. The van der Waals surface area contributed by atoms with Crippen LogP contribution in [0, 0.1) is 0 Å². The molecule has 0 saturated heterocycles. The number of anilines is 2. The molecule has 0 radical (unpaired) electrons. The molecule has 0 saturated carbocycles. The molecule has 1 aliphatic heterocycles. The Kier molecular flexibility index (Phi) is 4.50. The van der Waals surface area contributed by atoms with Gasteiger partial charge in [0.25, 0.3) is 0 Å². The van der Waals surface area contributed by atoms with Crippen molar-refractivity contribution in [2.24, 2.45) is 0 Å². The summed E-state index contributed by atoms with van der Waals surface area (Å²) in [7, 11) is 0. The number of nitrogens with one attached hydrogen (secondary N) is 1. The number of carbonyl (C=O) groups is 2. The standard InChI is InChI=1S/C22H24N2O2S/c1-14(27-17-12-11-15-7-6-8-16(15)13-17)20(25)24-19-10-5-4-9-18(19)23-21(26)22(24,2)3/h4-5,9-14H,6-8H2,1-3H3,(H,23,26)/t14-/m0/s1. The highest BCUT2D eigenvalue weighted by molar-refractivity contribution is 8.00. The van der Waals surface area contributed by atoms with Crippen LogP contribution in [-0.2, 0) is 22.4 Å². The van der Waals surface area contributed by atoms with Crippen LogP contribution in [0.15, 0.2) is 47.4 Å². The first kappa shape index (κ1) is 18.1. The van der Waals surface area contributed by atoms with E-state index in [2.05, 4.69) is 23.5 Å². The second-order valence-electron chi connectivity index (χ2n) is 7.75. The number of para-hydroxylation sites is 2. The number of thioether (sulfide) groups is 1. The van der Waals surface area contributed by atoms with E-state index in [9.17, 15) is 9.59 Å². The maximum absolute atomic E-state index is 13.4. The van der Waals surface area contributed by atoms with Gasteiger partial charge in [-0.05, 0) is 75.4 Å². The molecule has 27 heavy (non-hydrogen) atoms. The molecule has 4 rings (SSSR count). The monoisotopic (exact) mass is 380 g/mol. The van der Waals surface area contributed by atoms with Gasteiger partial charge >= 0.3 is 0 Å². The van der Waals surface area contributed by atoms with Gasteiger partial charge in [0.15, 0.2) is 0 Å². The summed E-state index contributed by atoms with van der Waals surface area (Å²) in [5.74, 6) is -0.211. The number of hydrogen-bond donors (Lipinski definition) is 1. The molecule has 0 bridgehead atoms. The average molecular weight is 381 g/mol. The van der Waals surface area contributed by atoms with Crippen molar-refractivity contribution in [3.05, 3.63) is 53.6 Å². The molecule has 140 valence electrons. The molecule has 0 aromatic heterocycles. The lowest BCUT2D eigenvalue weighted by molar-refractivity contribution is -0.126. The van der Waals surface area contributed by atoms with Crippen LogP contribution < -0.4 is 10.2 Å². The third-order valence-corrected chi connectivity index (χ3v) is 6.54. The Bertz CT molecular complexity index is 922. The van der Waals surface area contributed by atoms with E-state index in [1.165, 1.54) is 17.5 Å². The number of rotatable bonds is 3. The summed E-state index contributed by atoms with van der Waals surface area (Å²) in [5.41, 5.74) is 3.35. The maximum atomic E-state index is 13.4. The van der Waals surface area contributed by atoms with Gasteiger partial charge < -0.3 is 5.32 Å². The Morgan fingerprint density at radius 3 is 2.70 bits per heavy atom. The molecule has 1 atom stereocenters. The van der Waals surface area contributed by atoms with Crippen molar-refractivity contribution in [2.75, 3.05) is 10.2 Å². The van der Waals surface area contributed by atoms with Crippen molar-refractivity contribution in [3.8, 4) is 0 Å². The van der Waals surface area contributed by atoms with Gasteiger partial charge in [0.05, 0.1) is 16.6 Å². The highest BCUT2D eigenvalue weighted by Gasteiger charge is 2.44. The van der Waals surface area contributed by atoms with Crippen molar-refractivity contribution < 1.29 is 9.59 Å². The molecule has 2 aromatic carbocycles. The summed E-state index contributed by atoms with van der Waals surface area (Å²) in [4.78, 5) is 28.7.